The molecule has 0 aromatic heterocycles. The summed E-state index contributed by atoms with van der Waals surface area (Å²) in [7, 11) is 0. The highest BCUT2D eigenvalue weighted by Crippen LogP contribution is 2.20. The molecule has 23 heavy (non-hydrogen) atoms. The van der Waals surface area contributed by atoms with Gasteiger partial charge >= 0.3 is 0 Å². The van der Waals surface area contributed by atoms with Gasteiger partial charge in [0.15, 0.2) is 5.11 Å². The van der Waals surface area contributed by atoms with Crippen molar-refractivity contribution in [1.82, 2.24) is 15.1 Å². The summed E-state index contributed by atoms with van der Waals surface area (Å²) in [5, 5.41) is 5.06. The van der Waals surface area contributed by atoms with Crippen molar-refractivity contribution in [3.8, 4) is 0 Å². The minimum absolute atomic E-state index is 0.790. The van der Waals surface area contributed by atoms with E-state index in [0.717, 1.165) is 62.5 Å². The number of piperazine rings is 1. The monoisotopic (exact) mass is 354 g/mol. The Morgan fingerprint density at radius 1 is 1.22 bits per heavy atom. The van der Waals surface area contributed by atoms with Crippen molar-refractivity contribution in [3.63, 3.8) is 0 Å². The second kappa shape index (κ2) is 9.30. The maximum atomic E-state index is 6.08. The molecule has 1 N–H and O–H groups in total. The number of nitrogens with zero attached hydrogens (tertiary/aromatic N) is 3. The summed E-state index contributed by atoms with van der Waals surface area (Å²) in [4.78, 5) is 7.02. The highest BCUT2D eigenvalue weighted by atomic mass is 35.5. The van der Waals surface area contributed by atoms with Crippen LogP contribution in [-0.4, -0.2) is 67.3 Å². The Morgan fingerprint density at radius 2 is 1.91 bits per heavy atom. The van der Waals surface area contributed by atoms with Crippen LogP contribution in [0.15, 0.2) is 24.3 Å². The van der Waals surface area contributed by atoms with Crippen LogP contribution in [0, 0.1) is 0 Å². The van der Waals surface area contributed by atoms with E-state index in [2.05, 4.69) is 39.9 Å². The Balaban J connectivity index is 1.74. The number of anilines is 1. The van der Waals surface area contributed by atoms with Gasteiger partial charge in [-0.2, -0.15) is 0 Å². The third kappa shape index (κ3) is 5.52. The zero-order valence-corrected chi connectivity index (χ0v) is 15.7. The van der Waals surface area contributed by atoms with Crippen molar-refractivity contribution in [2.24, 2.45) is 0 Å². The molecule has 4 nitrogen and oxygen atoms in total. The Bertz CT molecular complexity index is 499. The standard InChI is InChI=1S/C17H27ClN4S/c1-3-20(4-2)9-8-19-17(23)22-12-10-21(11-13-22)16-7-5-6-15(18)14-16/h5-7,14H,3-4,8-13H2,1-2H3,(H,19,23). The van der Waals surface area contributed by atoms with Crippen molar-refractivity contribution in [2.75, 3.05) is 57.3 Å². The number of nitrogens with one attached hydrogen (secondary N) is 1. The lowest BCUT2D eigenvalue weighted by atomic mass is 10.2. The maximum absolute atomic E-state index is 6.08. The number of halogens is 1. The van der Waals surface area contributed by atoms with E-state index in [1.165, 1.54) is 5.69 Å². The number of hydrogen-bond acceptors (Lipinski definition) is 3. The van der Waals surface area contributed by atoms with Gasteiger partial charge in [0.2, 0.25) is 0 Å². The third-order valence-electron chi connectivity index (χ3n) is 4.34. The number of likely N-dealkylation sites (N-methyl/N-ethyl adjacent to an activating group) is 1. The Morgan fingerprint density at radius 3 is 2.52 bits per heavy atom. The molecule has 0 spiro atoms. The summed E-state index contributed by atoms with van der Waals surface area (Å²) < 4.78 is 0. The van der Waals surface area contributed by atoms with Crippen LogP contribution in [-0.2, 0) is 0 Å². The SMILES string of the molecule is CCN(CC)CCNC(=S)N1CCN(c2cccc(Cl)c2)CC1. The fourth-order valence-corrected chi connectivity index (χ4v) is 3.28. The van der Waals surface area contributed by atoms with E-state index in [1.54, 1.807) is 0 Å². The molecule has 1 heterocycles. The molecule has 1 aromatic rings. The highest BCUT2D eigenvalue weighted by molar-refractivity contribution is 7.80. The van der Waals surface area contributed by atoms with Crippen LogP contribution >= 0.6 is 23.8 Å². The van der Waals surface area contributed by atoms with Crippen LogP contribution in [0.2, 0.25) is 5.02 Å². The first-order valence-corrected chi connectivity index (χ1v) is 9.18. The van der Waals surface area contributed by atoms with E-state index in [0.29, 0.717) is 0 Å². The summed E-state index contributed by atoms with van der Waals surface area (Å²) in [6, 6.07) is 8.06. The Labute approximate surface area is 150 Å². The zero-order valence-electron chi connectivity index (χ0n) is 14.1. The molecule has 1 fully saturated rings. The molecule has 0 unspecified atom stereocenters. The van der Waals surface area contributed by atoms with E-state index >= 15 is 0 Å². The van der Waals surface area contributed by atoms with Gasteiger partial charge in [0, 0.05) is 50.0 Å². The van der Waals surface area contributed by atoms with Gasteiger partial charge in [-0.1, -0.05) is 31.5 Å². The average molecular weight is 355 g/mol. The molecule has 128 valence electrons. The van der Waals surface area contributed by atoms with Crippen LogP contribution in [0.5, 0.6) is 0 Å². The smallest absolute Gasteiger partial charge is 0.169 e. The largest absolute Gasteiger partial charge is 0.368 e. The minimum Gasteiger partial charge on any atom is -0.368 e. The Hall–Kier alpha value is -1.04. The fraction of sp³-hybridized carbons (Fsp3) is 0.588. The van der Waals surface area contributed by atoms with Crippen molar-refractivity contribution in [3.05, 3.63) is 29.3 Å². The van der Waals surface area contributed by atoms with Gasteiger partial charge in [-0.15, -0.1) is 0 Å². The van der Waals surface area contributed by atoms with Gasteiger partial charge in [0.25, 0.3) is 0 Å². The fourth-order valence-electron chi connectivity index (χ4n) is 2.81. The lowest BCUT2D eigenvalue weighted by molar-refractivity contribution is 0.305. The van der Waals surface area contributed by atoms with Gasteiger partial charge in [0.1, 0.15) is 0 Å². The van der Waals surface area contributed by atoms with Crippen LogP contribution in [0.4, 0.5) is 5.69 Å². The molecule has 0 atom stereocenters. The third-order valence-corrected chi connectivity index (χ3v) is 4.98. The molecule has 6 heteroatoms. The minimum atomic E-state index is 0.790. The van der Waals surface area contributed by atoms with E-state index in [9.17, 15) is 0 Å². The first-order valence-electron chi connectivity index (χ1n) is 8.39. The van der Waals surface area contributed by atoms with Gasteiger partial charge in [-0.05, 0) is 43.5 Å². The van der Waals surface area contributed by atoms with Crippen LogP contribution in [0.1, 0.15) is 13.8 Å². The molecule has 2 rings (SSSR count). The van der Waals surface area contributed by atoms with Crippen molar-refractivity contribution >= 4 is 34.6 Å². The molecule has 1 aromatic carbocycles. The molecule has 1 aliphatic rings. The van der Waals surface area contributed by atoms with E-state index in [1.807, 2.05) is 18.2 Å². The van der Waals surface area contributed by atoms with Gasteiger partial charge in [-0.25, -0.2) is 0 Å². The maximum Gasteiger partial charge on any atom is 0.169 e. The van der Waals surface area contributed by atoms with Crippen LogP contribution in [0.3, 0.4) is 0 Å². The van der Waals surface area contributed by atoms with E-state index < -0.39 is 0 Å². The lowest BCUT2D eigenvalue weighted by Gasteiger charge is -2.37. The first kappa shape index (κ1) is 18.3. The summed E-state index contributed by atoms with van der Waals surface area (Å²) in [6.45, 7) is 12.3. The van der Waals surface area contributed by atoms with E-state index in [-0.39, 0.29) is 0 Å². The number of thiocarbonyl (C=S) groups is 1. The first-order chi connectivity index (χ1) is 11.1. The lowest BCUT2D eigenvalue weighted by Crippen LogP contribution is -2.52. The van der Waals surface area contributed by atoms with Crippen LogP contribution in [0.25, 0.3) is 0 Å². The Kier molecular flexibility index (Phi) is 7.40. The molecular weight excluding hydrogens is 328 g/mol. The molecule has 0 bridgehead atoms. The second-order valence-electron chi connectivity index (χ2n) is 5.71. The van der Waals surface area contributed by atoms with Crippen molar-refractivity contribution < 1.29 is 0 Å². The van der Waals surface area contributed by atoms with Crippen molar-refractivity contribution in [2.45, 2.75) is 13.8 Å². The quantitative estimate of drug-likeness (QED) is 0.791. The summed E-state index contributed by atoms with van der Waals surface area (Å²) >= 11 is 11.6. The average Bonchev–Trinajstić information content (AvgIpc) is 2.59. The van der Waals surface area contributed by atoms with E-state index in [4.69, 9.17) is 23.8 Å². The predicted octanol–water partition coefficient (Wildman–Crippen LogP) is 2.68. The van der Waals surface area contributed by atoms with Gasteiger partial charge in [-0.3, -0.25) is 0 Å². The number of benzene rings is 1. The molecule has 0 radical (unpaired) electrons. The summed E-state index contributed by atoms with van der Waals surface area (Å²) in [6.07, 6.45) is 0. The molecule has 0 amide bonds. The molecule has 1 aliphatic heterocycles. The molecule has 1 saturated heterocycles. The van der Waals surface area contributed by atoms with Crippen molar-refractivity contribution in [1.29, 1.82) is 0 Å². The highest BCUT2D eigenvalue weighted by Gasteiger charge is 2.19. The topological polar surface area (TPSA) is 21.8 Å². The molecular formula is C17H27ClN4S. The zero-order chi connectivity index (χ0) is 16.7. The van der Waals surface area contributed by atoms with Crippen LogP contribution < -0.4 is 10.2 Å². The normalized spacial score (nSPS) is 15.1. The second-order valence-corrected chi connectivity index (χ2v) is 6.54. The number of hydrogen-bond donors (Lipinski definition) is 1. The molecule has 0 saturated carbocycles. The summed E-state index contributed by atoms with van der Waals surface area (Å²) in [5.41, 5.74) is 1.19. The van der Waals surface area contributed by atoms with Gasteiger partial charge in [0.05, 0.1) is 0 Å². The number of rotatable bonds is 6. The molecule has 0 aliphatic carbocycles. The summed E-state index contributed by atoms with van der Waals surface area (Å²) in [5.74, 6) is 0. The van der Waals surface area contributed by atoms with Gasteiger partial charge < -0.3 is 20.0 Å². The predicted molar refractivity (Wildman–Crippen MR) is 104 cm³/mol.